The molecule has 0 saturated carbocycles. The van der Waals surface area contributed by atoms with Gasteiger partial charge in [-0.05, 0) is 18.2 Å². The lowest BCUT2D eigenvalue weighted by molar-refractivity contribution is 0.0771. The van der Waals surface area contributed by atoms with Gasteiger partial charge in [-0.25, -0.2) is 12.8 Å². The first-order chi connectivity index (χ1) is 8.39. The van der Waals surface area contributed by atoms with Crippen LogP contribution >= 0.6 is 0 Å². The van der Waals surface area contributed by atoms with Gasteiger partial charge < -0.3 is 10.6 Å². The molecule has 98 valence electrons. The van der Waals surface area contributed by atoms with Gasteiger partial charge in [-0.1, -0.05) is 0 Å². The minimum Gasteiger partial charge on any atom is -0.398 e. The van der Waals surface area contributed by atoms with Gasteiger partial charge in [-0.3, -0.25) is 4.79 Å². The highest BCUT2D eigenvalue weighted by Gasteiger charge is 2.26. The normalized spacial score (nSPS) is 18.6. The molecule has 0 spiro atoms. The highest BCUT2D eigenvalue weighted by atomic mass is 32.2. The minimum atomic E-state index is -3.03. The van der Waals surface area contributed by atoms with E-state index in [9.17, 15) is 17.6 Å². The zero-order valence-electron chi connectivity index (χ0n) is 9.60. The lowest BCUT2D eigenvalue weighted by Gasteiger charge is -2.27. The van der Waals surface area contributed by atoms with Crippen molar-refractivity contribution in [2.45, 2.75) is 0 Å². The van der Waals surface area contributed by atoms with Crippen LogP contribution < -0.4 is 5.73 Å². The van der Waals surface area contributed by atoms with Crippen LogP contribution in [0.4, 0.5) is 10.1 Å². The molecule has 5 nitrogen and oxygen atoms in total. The monoisotopic (exact) mass is 272 g/mol. The number of carbonyl (C=O) groups excluding carboxylic acids is 1. The Bertz CT molecular complexity index is 572. The molecule has 0 atom stereocenters. The quantitative estimate of drug-likeness (QED) is 0.745. The predicted molar refractivity (Wildman–Crippen MR) is 65.4 cm³/mol. The van der Waals surface area contributed by atoms with Crippen LogP contribution in [-0.4, -0.2) is 43.8 Å². The van der Waals surface area contributed by atoms with Crippen LogP contribution in [0.3, 0.4) is 0 Å². The van der Waals surface area contributed by atoms with Crippen molar-refractivity contribution in [2.75, 3.05) is 30.3 Å². The van der Waals surface area contributed by atoms with Crippen LogP contribution in [0.25, 0.3) is 0 Å². The van der Waals surface area contributed by atoms with E-state index in [0.717, 1.165) is 12.1 Å². The number of halogens is 1. The van der Waals surface area contributed by atoms with Crippen LogP contribution in [0.1, 0.15) is 10.4 Å². The molecule has 1 fully saturated rings. The second-order valence-electron chi connectivity index (χ2n) is 4.18. The summed E-state index contributed by atoms with van der Waals surface area (Å²) in [6.07, 6.45) is 0. The molecule has 1 heterocycles. The van der Waals surface area contributed by atoms with Crippen molar-refractivity contribution in [3.63, 3.8) is 0 Å². The summed E-state index contributed by atoms with van der Waals surface area (Å²) >= 11 is 0. The summed E-state index contributed by atoms with van der Waals surface area (Å²) in [5, 5.41) is 0. The van der Waals surface area contributed by atoms with E-state index in [1.165, 1.54) is 11.0 Å². The Kier molecular flexibility index (Phi) is 3.25. The van der Waals surface area contributed by atoms with Gasteiger partial charge in [0, 0.05) is 18.8 Å². The van der Waals surface area contributed by atoms with Crippen molar-refractivity contribution in [1.82, 2.24) is 4.90 Å². The lowest BCUT2D eigenvalue weighted by Crippen LogP contribution is -2.43. The van der Waals surface area contributed by atoms with Crippen LogP contribution in [-0.2, 0) is 9.84 Å². The molecule has 1 saturated heterocycles. The van der Waals surface area contributed by atoms with E-state index in [2.05, 4.69) is 0 Å². The Labute approximate surface area is 104 Å². The molecule has 2 N–H and O–H groups in total. The van der Waals surface area contributed by atoms with Crippen LogP contribution in [0.5, 0.6) is 0 Å². The fourth-order valence-electron chi connectivity index (χ4n) is 1.81. The zero-order valence-corrected chi connectivity index (χ0v) is 10.4. The number of nitrogen functional groups attached to an aromatic ring is 1. The first-order valence-corrected chi connectivity index (χ1v) is 7.26. The third-order valence-electron chi connectivity index (χ3n) is 2.88. The second kappa shape index (κ2) is 4.56. The summed E-state index contributed by atoms with van der Waals surface area (Å²) in [5.74, 6) is -0.952. The number of anilines is 1. The number of hydrogen-bond donors (Lipinski definition) is 1. The van der Waals surface area contributed by atoms with Gasteiger partial charge in [0.2, 0.25) is 0 Å². The van der Waals surface area contributed by atoms with Gasteiger partial charge in [0.15, 0.2) is 9.84 Å². The van der Waals surface area contributed by atoms with Gasteiger partial charge in [0.05, 0.1) is 17.1 Å². The Morgan fingerprint density at radius 2 is 1.89 bits per heavy atom. The van der Waals surface area contributed by atoms with Gasteiger partial charge in [0.1, 0.15) is 5.82 Å². The number of rotatable bonds is 1. The Hall–Kier alpha value is -1.63. The molecule has 1 aliphatic heterocycles. The number of amides is 1. The van der Waals surface area contributed by atoms with Crippen LogP contribution in [0, 0.1) is 5.82 Å². The van der Waals surface area contributed by atoms with Crippen LogP contribution in [0.2, 0.25) is 0 Å². The highest BCUT2D eigenvalue weighted by Crippen LogP contribution is 2.17. The fraction of sp³-hybridized carbons (Fsp3) is 0.364. The van der Waals surface area contributed by atoms with Crippen molar-refractivity contribution in [3.8, 4) is 0 Å². The smallest absolute Gasteiger partial charge is 0.256 e. The molecule has 0 aliphatic carbocycles. The summed E-state index contributed by atoms with van der Waals surface area (Å²) < 4.78 is 35.4. The molecule has 1 amide bonds. The van der Waals surface area contributed by atoms with Crippen molar-refractivity contribution < 1.29 is 17.6 Å². The number of hydrogen-bond acceptors (Lipinski definition) is 4. The predicted octanol–water partition coefficient (Wildman–Crippen LogP) is 0.278. The third kappa shape index (κ3) is 2.61. The van der Waals surface area contributed by atoms with E-state index < -0.39 is 15.7 Å². The standard InChI is InChI=1S/C11H13FN2O3S/c12-8-1-2-9(10(13)7-8)11(15)14-3-5-18(16,17)6-4-14/h1-2,7H,3-6,13H2. The molecule has 1 aromatic carbocycles. The first-order valence-electron chi connectivity index (χ1n) is 5.44. The fourth-order valence-corrected chi connectivity index (χ4v) is 3.02. The van der Waals surface area contributed by atoms with E-state index in [1.807, 2.05) is 0 Å². The molecule has 1 aromatic rings. The Balaban J connectivity index is 2.17. The molecule has 0 bridgehead atoms. The molecular weight excluding hydrogens is 259 g/mol. The van der Waals surface area contributed by atoms with Gasteiger partial charge in [-0.2, -0.15) is 0 Å². The van der Waals surface area contributed by atoms with Gasteiger partial charge >= 0.3 is 0 Å². The summed E-state index contributed by atoms with van der Waals surface area (Å²) in [6.45, 7) is 0.302. The van der Waals surface area contributed by atoms with E-state index in [-0.39, 0.29) is 41.8 Å². The molecule has 2 rings (SSSR count). The topological polar surface area (TPSA) is 80.5 Å². The average molecular weight is 272 g/mol. The van der Waals surface area contributed by atoms with E-state index in [1.54, 1.807) is 0 Å². The summed E-state index contributed by atoms with van der Waals surface area (Å²) in [7, 11) is -3.03. The van der Waals surface area contributed by atoms with Crippen LogP contribution in [0.15, 0.2) is 18.2 Å². The van der Waals surface area contributed by atoms with Crippen molar-refractivity contribution >= 4 is 21.4 Å². The number of sulfone groups is 1. The number of nitrogens with two attached hydrogens (primary N) is 1. The van der Waals surface area contributed by atoms with E-state index >= 15 is 0 Å². The maximum atomic E-state index is 12.9. The average Bonchev–Trinajstić information content (AvgIpc) is 2.28. The maximum Gasteiger partial charge on any atom is 0.256 e. The number of nitrogens with zero attached hydrogens (tertiary/aromatic N) is 1. The highest BCUT2D eigenvalue weighted by molar-refractivity contribution is 7.91. The van der Waals surface area contributed by atoms with Crippen molar-refractivity contribution in [1.29, 1.82) is 0 Å². The molecule has 18 heavy (non-hydrogen) atoms. The first kappa shape index (κ1) is 12.8. The molecule has 0 unspecified atom stereocenters. The largest absolute Gasteiger partial charge is 0.398 e. The van der Waals surface area contributed by atoms with Gasteiger partial charge in [-0.15, -0.1) is 0 Å². The molecular formula is C11H13FN2O3S. The Morgan fingerprint density at radius 3 is 2.44 bits per heavy atom. The molecule has 0 radical (unpaired) electrons. The van der Waals surface area contributed by atoms with Crippen molar-refractivity contribution in [2.24, 2.45) is 0 Å². The summed E-state index contributed by atoms with van der Waals surface area (Å²) in [4.78, 5) is 13.5. The van der Waals surface area contributed by atoms with E-state index in [4.69, 9.17) is 5.73 Å². The SMILES string of the molecule is Nc1cc(F)ccc1C(=O)N1CCS(=O)(=O)CC1. The molecule has 7 heteroatoms. The Morgan fingerprint density at radius 1 is 1.28 bits per heavy atom. The molecule has 1 aliphatic rings. The summed E-state index contributed by atoms with van der Waals surface area (Å²) in [5.41, 5.74) is 5.84. The van der Waals surface area contributed by atoms with Crippen molar-refractivity contribution in [3.05, 3.63) is 29.6 Å². The van der Waals surface area contributed by atoms with E-state index in [0.29, 0.717) is 0 Å². The second-order valence-corrected chi connectivity index (χ2v) is 6.48. The molecule has 0 aromatic heterocycles. The maximum absolute atomic E-state index is 12.9. The number of carbonyl (C=O) groups is 1. The van der Waals surface area contributed by atoms with Gasteiger partial charge in [0.25, 0.3) is 5.91 Å². The summed E-state index contributed by atoms with van der Waals surface area (Å²) in [6, 6.07) is 3.55. The lowest BCUT2D eigenvalue weighted by atomic mass is 10.1. The third-order valence-corrected chi connectivity index (χ3v) is 4.48. The minimum absolute atomic E-state index is 0.0418. The zero-order chi connectivity index (χ0) is 13.3. The number of benzene rings is 1.